The molecule has 1 amide bonds. The van der Waals surface area contributed by atoms with Crippen molar-refractivity contribution < 1.29 is 9.32 Å². The molecule has 0 spiro atoms. The average molecular weight is 324 g/mol. The molecule has 0 saturated heterocycles. The molecule has 2 heterocycles. The maximum absolute atomic E-state index is 12.0. The fourth-order valence-electron chi connectivity index (χ4n) is 2.25. The Kier molecular flexibility index (Phi) is 4.51. The van der Waals surface area contributed by atoms with Crippen LogP contribution < -0.4 is 10.9 Å². The first kappa shape index (κ1) is 15.7. The van der Waals surface area contributed by atoms with Gasteiger partial charge in [-0.05, 0) is 24.1 Å². The summed E-state index contributed by atoms with van der Waals surface area (Å²) in [5, 5.41) is 6.56. The smallest absolute Gasteiger partial charge is 0.248 e. The second-order valence-corrected chi connectivity index (χ2v) is 5.33. The molecular weight excluding hydrogens is 308 g/mol. The zero-order chi connectivity index (χ0) is 16.9. The standard InChI is InChI=1S/C17H16N4O3/c1-11-4-2-3-5-12(11)8-15(23)19-10-16-20-17(21-24-16)13-6-7-18-14(22)9-13/h2-7,9H,8,10H2,1H3,(H,18,22)(H,19,23). The number of H-pyrrole nitrogens is 1. The molecular formula is C17H16N4O3. The number of carbonyl (C=O) groups is 1. The normalized spacial score (nSPS) is 10.5. The van der Waals surface area contributed by atoms with E-state index in [1.54, 1.807) is 6.07 Å². The van der Waals surface area contributed by atoms with Crippen LogP contribution in [0.4, 0.5) is 0 Å². The van der Waals surface area contributed by atoms with Gasteiger partial charge in [-0.15, -0.1) is 0 Å². The molecule has 0 unspecified atom stereocenters. The van der Waals surface area contributed by atoms with Crippen LogP contribution in [-0.2, 0) is 17.8 Å². The highest BCUT2D eigenvalue weighted by Crippen LogP contribution is 2.12. The van der Waals surface area contributed by atoms with Crippen molar-refractivity contribution in [3.63, 3.8) is 0 Å². The zero-order valence-corrected chi connectivity index (χ0v) is 13.1. The van der Waals surface area contributed by atoms with Gasteiger partial charge in [0, 0.05) is 17.8 Å². The van der Waals surface area contributed by atoms with Crippen molar-refractivity contribution in [2.24, 2.45) is 0 Å². The van der Waals surface area contributed by atoms with Crippen LogP contribution in [0.15, 0.2) is 51.9 Å². The van der Waals surface area contributed by atoms with Crippen LogP contribution >= 0.6 is 0 Å². The van der Waals surface area contributed by atoms with Crippen molar-refractivity contribution in [3.05, 3.63) is 70.0 Å². The maximum atomic E-state index is 12.0. The van der Waals surface area contributed by atoms with Gasteiger partial charge in [-0.3, -0.25) is 9.59 Å². The lowest BCUT2D eigenvalue weighted by Crippen LogP contribution is -2.25. The van der Waals surface area contributed by atoms with Crippen LogP contribution in [0.1, 0.15) is 17.0 Å². The van der Waals surface area contributed by atoms with E-state index in [-0.39, 0.29) is 23.9 Å². The van der Waals surface area contributed by atoms with E-state index >= 15 is 0 Å². The van der Waals surface area contributed by atoms with Gasteiger partial charge in [0.05, 0.1) is 13.0 Å². The fraction of sp³-hybridized carbons (Fsp3) is 0.176. The van der Waals surface area contributed by atoms with Crippen molar-refractivity contribution >= 4 is 5.91 Å². The van der Waals surface area contributed by atoms with Crippen molar-refractivity contribution in [3.8, 4) is 11.4 Å². The summed E-state index contributed by atoms with van der Waals surface area (Å²) >= 11 is 0. The summed E-state index contributed by atoms with van der Waals surface area (Å²) in [6.07, 6.45) is 1.80. The van der Waals surface area contributed by atoms with Crippen LogP contribution in [0.3, 0.4) is 0 Å². The van der Waals surface area contributed by atoms with Crippen LogP contribution in [0.5, 0.6) is 0 Å². The lowest BCUT2D eigenvalue weighted by Gasteiger charge is -2.05. The van der Waals surface area contributed by atoms with E-state index in [1.165, 1.54) is 12.3 Å². The predicted octanol–water partition coefficient (Wildman–Crippen LogP) is 1.59. The Hall–Kier alpha value is -3.22. The van der Waals surface area contributed by atoms with Crippen molar-refractivity contribution in [1.29, 1.82) is 0 Å². The Balaban J connectivity index is 1.60. The van der Waals surface area contributed by atoms with Gasteiger partial charge in [-0.1, -0.05) is 29.4 Å². The first-order valence-electron chi connectivity index (χ1n) is 7.45. The Labute approximate surface area is 137 Å². The number of hydrogen-bond acceptors (Lipinski definition) is 5. The Morgan fingerprint density at radius 2 is 2.12 bits per heavy atom. The minimum Gasteiger partial charge on any atom is -0.347 e. The summed E-state index contributed by atoms with van der Waals surface area (Å²) in [7, 11) is 0. The highest BCUT2D eigenvalue weighted by atomic mass is 16.5. The number of nitrogens with one attached hydrogen (secondary N) is 2. The number of aryl methyl sites for hydroxylation is 1. The summed E-state index contributed by atoms with van der Waals surface area (Å²) in [6, 6.07) is 10.8. The number of amides is 1. The Bertz CT molecular complexity index is 914. The van der Waals surface area contributed by atoms with E-state index in [0.29, 0.717) is 17.8 Å². The number of aromatic nitrogens is 3. The zero-order valence-electron chi connectivity index (χ0n) is 13.1. The summed E-state index contributed by atoms with van der Waals surface area (Å²) in [5.41, 5.74) is 2.36. The topological polar surface area (TPSA) is 101 Å². The number of rotatable bonds is 5. The Morgan fingerprint density at radius 1 is 1.29 bits per heavy atom. The molecule has 1 aromatic carbocycles. The number of carbonyl (C=O) groups excluding carboxylic acids is 1. The molecule has 122 valence electrons. The lowest BCUT2D eigenvalue weighted by atomic mass is 10.1. The molecule has 2 N–H and O–H groups in total. The summed E-state index contributed by atoms with van der Waals surface area (Å²) in [4.78, 5) is 30.0. The third-order valence-corrected chi connectivity index (χ3v) is 3.55. The van der Waals surface area contributed by atoms with E-state index in [9.17, 15) is 9.59 Å². The largest absolute Gasteiger partial charge is 0.347 e. The minimum absolute atomic E-state index is 0.125. The van der Waals surface area contributed by atoms with E-state index in [2.05, 4.69) is 20.4 Å². The minimum atomic E-state index is -0.245. The van der Waals surface area contributed by atoms with Crippen LogP contribution in [0.25, 0.3) is 11.4 Å². The van der Waals surface area contributed by atoms with E-state index in [4.69, 9.17) is 4.52 Å². The number of pyridine rings is 1. The van der Waals surface area contributed by atoms with Crippen LogP contribution in [-0.4, -0.2) is 21.0 Å². The third kappa shape index (κ3) is 3.75. The molecule has 3 aromatic rings. The molecule has 0 aliphatic rings. The third-order valence-electron chi connectivity index (χ3n) is 3.55. The van der Waals surface area contributed by atoms with Gasteiger partial charge in [-0.2, -0.15) is 4.98 Å². The SMILES string of the molecule is Cc1ccccc1CC(=O)NCc1nc(-c2cc[nH]c(=O)c2)no1. The molecule has 0 radical (unpaired) electrons. The predicted molar refractivity (Wildman–Crippen MR) is 87.1 cm³/mol. The number of nitrogens with zero attached hydrogens (tertiary/aromatic N) is 2. The molecule has 7 heteroatoms. The first-order valence-corrected chi connectivity index (χ1v) is 7.45. The lowest BCUT2D eigenvalue weighted by molar-refractivity contribution is -0.120. The van der Waals surface area contributed by atoms with E-state index < -0.39 is 0 Å². The van der Waals surface area contributed by atoms with Gasteiger partial charge in [0.25, 0.3) is 0 Å². The molecule has 0 aliphatic carbocycles. The summed E-state index contributed by atoms with van der Waals surface area (Å²) < 4.78 is 5.10. The average Bonchev–Trinajstić information content (AvgIpc) is 3.04. The second kappa shape index (κ2) is 6.91. The van der Waals surface area contributed by atoms with Crippen molar-refractivity contribution in [2.75, 3.05) is 0 Å². The Morgan fingerprint density at radius 3 is 2.92 bits per heavy atom. The molecule has 0 fully saturated rings. The molecule has 0 atom stereocenters. The maximum Gasteiger partial charge on any atom is 0.248 e. The van der Waals surface area contributed by atoms with Gasteiger partial charge in [0.15, 0.2) is 0 Å². The summed E-state index contributed by atoms with van der Waals surface area (Å²) in [5.74, 6) is 0.466. The molecule has 0 aliphatic heterocycles. The van der Waals surface area contributed by atoms with Crippen molar-refractivity contribution in [2.45, 2.75) is 19.9 Å². The monoisotopic (exact) mass is 324 g/mol. The highest BCUT2D eigenvalue weighted by molar-refractivity contribution is 5.78. The second-order valence-electron chi connectivity index (χ2n) is 5.33. The number of aromatic amines is 1. The molecule has 0 bridgehead atoms. The molecule has 7 nitrogen and oxygen atoms in total. The van der Waals surface area contributed by atoms with Gasteiger partial charge in [0.2, 0.25) is 23.2 Å². The van der Waals surface area contributed by atoms with E-state index in [0.717, 1.165) is 11.1 Å². The quantitative estimate of drug-likeness (QED) is 0.742. The summed E-state index contributed by atoms with van der Waals surface area (Å²) in [6.45, 7) is 2.11. The van der Waals surface area contributed by atoms with Gasteiger partial charge < -0.3 is 14.8 Å². The number of benzene rings is 1. The van der Waals surface area contributed by atoms with Crippen LogP contribution in [0, 0.1) is 6.92 Å². The van der Waals surface area contributed by atoms with Crippen LogP contribution in [0.2, 0.25) is 0 Å². The molecule has 2 aromatic heterocycles. The number of hydrogen-bond donors (Lipinski definition) is 2. The fourth-order valence-corrected chi connectivity index (χ4v) is 2.25. The van der Waals surface area contributed by atoms with Gasteiger partial charge in [-0.25, -0.2) is 0 Å². The molecule has 0 saturated carbocycles. The molecule has 3 rings (SSSR count). The first-order chi connectivity index (χ1) is 11.6. The van der Waals surface area contributed by atoms with Crippen molar-refractivity contribution in [1.82, 2.24) is 20.4 Å². The van der Waals surface area contributed by atoms with Gasteiger partial charge in [0.1, 0.15) is 0 Å². The van der Waals surface area contributed by atoms with E-state index in [1.807, 2.05) is 31.2 Å². The highest BCUT2D eigenvalue weighted by Gasteiger charge is 2.11. The molecule has 24 heavy (non-hydrogen) atoms. The van der Waals surface area contributed by atoms with Gasteiger partial charge >= 0.3 is 0 Å².